The minimum atomic E-state index is -11.2. The molecule has 0 atom stereocenters. The summed E-state index contributed by atoms with van der Waals surface area (Å²) in [6.07, 6.45) is 0. The molecule has 0 unspecified atom stereocenters. The van der Waals surface area contributed by atoms with Crippen molar-refractivity contribution in [1.82, 2.24) is 0 Å². The molecule has 2 nitrogen and oxygen atoms in total. The first-order chi connectivity index (χ1) is 7.60. The summed E-state index contributed by atoms with van der Waals surface area (Å²) in [5, 5.41) is 9.27. The molecule has 0 fully saturated rings. The third kappa shape index (κ3) is 11.0. The number of halogens is 9. The van der Waals surface area contributed by atoms with E-state index in [-0.39, 0.29) is 15.7 Å². The van der Waals surface area contributed by atoms with Crippen LogP contribution in [0.4, 0.5) is 22.6 Å². The molecule has 18 heavy (non-hydrogen) atoms. The first-order valence-corrected chi connectivity index (χ1v) is 10.6. The van der Waals surface area contributed by atoms with Gasteiger partial charge in [0.2, 0.25) is 5.39 Å². The van der Waals surface area contributed by atoms with E-state index in [1.54, 1.807) is 0 Å². The first kappa shape index (κ1) is 17.9. The fraction of sp³-hybridized carbons (Fsp3) is 0. The molecule has 1 aromatic rings. The molecule has 0 bridgehead atoms. The van der Waals surface area contributed by atoms with Gasteiger partial charge in [-0.3, -0.25) is 0 Å². The Kier molecular flexibility index (Phi) is 4.76. The van der Waals surface area contributed by atoms with Crippen LogP contribution >= 0.6 is 34.8 Å². The van der Waals surface area contributed by atoms with Gasteiger partial charge in [-0.25, -0.2) is 0 Å². The SMILES string of the molecule is N#[N+]c1c(Cl)cc(Cl)cc1Cl.[F][Sb-]([F])([F])([F])([F])[F]. The van der Waals surface area contributed by atoms with E-state index < -0.39 is 19.5 Å². The van der Waals surface area contributed by atoms with Gasteiger partial charge in [-0.05, 0) is 12.1 Å². The van der Waals surface area contributed by atoms with Gasteiger partial charge < -0.3 is 0 Å². The Morgan fingerprint density at radius 3 is 1.39 bits per heavy atom. The number of diazo groups is 1. The Morgan fingerprint density at radius 1 is 0.889 bits per heavy atom. The second-order valence-corrected chi connectivity index (χ2v) is 9.50. The predicted molar refractivity (Wildman–Crippen MR) is 58.6 cm³/mol. The van der Waals surface area contributed by atoms with Gasteiger partial charge in [0.1, 0.15) is 10.0 Å². The number of hydrogen-bond donors (Lipinski definition) is 0. The Morgan fingerprint density at radius 2 is 1.17 bits per heavy atom. The second kappa shape index (κ2) is 4.78. The summed E-state index contributed by atoms with van der Waals surface area (Å²) in [5.41, 5.74) is 0.137. The fourth-order valence-electron chi connectivity index (χ4n) is 0.630. The van der Waals surface area contributed by atoms with Gasteiger partial charge in [0.05, 0.1) is 0 Å². The zero-order valence-corrected chi connectivity index (χ0v) is 12.7. The Bertz CT molecular complexity index is 473. The molecule has 0 spiro atoms. The number of benzene rings is 1. The maximum atomic E-state index is 9.93. The van der Waals surface area contributed by atoms with E-state index in [9.17, 15) is 16.9 Å². The van der Waals surface area contributed by atoms with Gasteiger partial charge in [0, 0.05) is 5.02 Å². The van der Waals surface area contributed by atoms with Crippen LogP contribution < -0.4 is 0 Å². The maximum absolute atomic E-state index is 11.2. The summed E-state index contributed by atoms with van der Waals surface area (Å²) >= 11 is 5.56. The van der Waals surface area contributed by atoms with Crippen molar-refractivity contribution < 1.29 is 16.9 Å². The Balaban J connectivity index is 0.000000360. The fourth-order valence-corrected chi connectivity index (χ4v) is 1.52. The predicted octanol–water partition coefficient (Wildman–Crippen LogP) is 6.27. The van der Waals surface area contributed by atoms with Crippen molar-refractivity contribution in [1.29, 1.82) is 5.39 Å². The van der Waals surface area contributed by atoms with E-state index in [1.165, 1.54) is 12.1 Å². The third-order valence-corrected chi connectivity index (χ3v) is 1.88. The van der Waals surface area contributed by atoms with Gasteiger partial charge in [-0.1, -0.05) is 34.8 Å². The molecule has 0 N–H and O–H groups in total. The van der Waals surface area contributed by atoms with Gasteiger partial charge in [-0.2, -0.15) is 0 Å². The number of rotatable bonds is 0. The van der Waals surface area contributed by atoms with Gasteiger partial charge in [-0.15, -0.1) is 0 Å². The van der Waals surface area contributed by atoms with Crippen molar-refractivity contribution >= 4 is 60.0 Å². The molecule has 0 aromatic heterocycles. The monoisotopic (exact) mass is 442 g/mol. The number of nitrogens with zero attached hydrogens (tertiary/aromatic N) is 2. The van der Waals surface area contributed by atoms with E-state index >= 15 is 0 Å². The molecule has 104 valence electrons. The van der Waals surface area contributed by atoms with E-state index in [0.29, 0.717) is 5.02 Å². The van der Waals surface area contributed by atoms with Crippen LogP contribution in [0.3, 0.4) is 0 Å². The number of hydrogen-bond acceptors (Lipinski definition) is 1. The van der Waals surface area contributed by atoms with E-state index in [1.807, 2.05) is 0 Å². The zero-order chi connectivity index (χ0) is 14.8. The molecule has 0 radical (unpaired) electrons. The van der Waals surface area contributed by atoms with Gasteiger partial charge in [0.15, 0.2) is 4.98 Å². The minimum absolute atomic E-state index is 0.137. The molecule has 1 rings (SSSR count). The van der Waals surface area contributed by atoms with E-state index in [2.05, 4.69) is 4.98 Å². The third-order valence-electron chi connectivity index (χ3n) is 1.08. The summed E-state index contributed by atoms with van der Waals surface area (Å²) in [7, 11) is 0. The first-order valence-electron chi connectivity index (χ1n) is 3.66. The van der Waals surface area contributed by atoms with E-state index in [4.69, 9.17) is 40.2 Å². The van der Waals surface area contributed by atoms with Crippen LogP contribution in [0, 0.1) is 5.39 Å². The standard InChI is InChI=1S/C6H2Cl3N2.6FH.Sb/c7-3-1-4(8)6(11-10)5(9)2-3;;;;;;;/h1-2H;6*1H;/q+1;;;;;;;+5/p-6. The van der Waals surface area contributed by atoms with Gasteiger partial charge >= 0.3 is 42.0 Å². The van der Waals surface area contributed by atoms with Crippen molar-refractivity contribution in [2.24, 2.45) is 0 Å². The molecule has 0 aliphatic heterocycles. The van der Waals surface area contributed by atoms with E-state index in [0.717, 1.165) is 0 Å². The average molecular weight is 444 g/mol. The van der Waals surface area contributed by atoms with Crippen molar-refractivity contribution in [3.63, 3.8) is 0 Å². The second-order valence-electron chi connectivity index (χ2n) is 2.78. The van der Waals surface area contributed by atoms with Gasteiger partial charge in [0.25, 0.3) is 0 Å². The average Bonchev–Trinajstić information content (AvgIpc) is 1.95. The van der Waals surface area contributed by atoms with Crippen LogP contribution in [0.2, 0.25) is 15.1 Å². The van der Waals surface area contributed by atoms with Crippen LogP contribution in [-0.2, 0) is 0 Å². The van der Waals surface area contributed by atoms with Crippen LogP contribution in [0.1, 0.15) is 0 Å². The molecular weight excluding hydrogens is 442 g/mol. The topological polar surface area (TPSA) is 28.1 Å². The Hall–Kier alpha value is -0.0918. The molecular formula is C6H2Cl3F6N2Sb. The summed E-state index contributed by atoms with van der Waals surface area (Å²) in [6, 6.07) is 2.90. The van der Waals surface area contributed by atoms with Crippen molar-refractivity contribution in [2.45, 2.75) is 0 Å². The molecule has 0 amide bonds. The molecule has 0 aliphatic rings. The molecule has 1 aromatic carbocycles. The van der Waals surface area contributed by atoms with Crippen molar-refractivity contribution in [2.75, 3.05) is 0 Å². The zero-order valence-electron chi connectivity index (χ0n) is 7.90. The summed E-state index contributed by atoms with van der Waals surface area (Å²) in [5.74, 6) is 0. The molecule has 12 heteroatoms. The van der Waals surface area contributed by atoms with Crippen LogP contribution in [0.25, 0.3) is 4.98 Å². The van der Waals surface area contributed by atoms with Crippen molar-refractivity contribution in [3.05, 3.63) is 32.2 Å². The summed E-state index contributed by atoms with van der Waals surface area (Å²) < 4.78 is 59.6. The van der Waals surface area contributed by atoms with Crippen LogP contribution in [0.15, 0.2) is 12.1 Å². The summed E-state index contributed by atoms with van der Waals surface area (Å²) in [6.45, 7) is 0. The quantitative estimate of drug-likeness (QED) is 0.263. The molecule has 0 saturated carbocycles. The van der Waals surface area contributed by atoms with Crippen molar-refractivity contribution in [3.8, 4) is 0 Å². The molecule has 0 aliphatic carbocycles. The normalized spacial score (nSPS) is 14.7. The Labute approximate surface area is 114 Å². The molecule has 0 heterocycles. The van der Waals surface area contributed by atoms with Crippen LogP contribution in [0.5, 0.6) is 0 Å². The molecule has 0 saturated heterocycles. The van der Waals surface area contributed by atoms with Crippen LogP contribution in [-0.4, -0.2) is 19.5 Å². The summed E-state index contributed by atoms with van der Waals surface area (Å²) in [4.78, 5) is 2.89.